The number of hydrogen-bond donors (Lipinski definition) is 0. The van der Waals surface area contributed by atoms with Crippen molar-refractivity contribution < 1.29 is 19.2 Å². The van der Waals surface area contributed by atoms with Crippen molar-refractivity contribution in [2.24, 2.45) is 0 Å². The fourth-order valence-corrected chi connectivity index (χ4v) is 6.58. The van der Waals surface area contributed by atoms with Crippen molar-refractivity contribution in [2.45, 2.75) is 44.8 Å². The smallest absolute Gasteiger partial charge is 0.243 e. The molecule has 1 unspecified atom stereocenters. The third-order valence-corrected chi connectivity index (χ3v) is 8.11. The molecule has 0 aromatic carbocycles. The zero-order valence-corrected chi connectivity index (χ0v) is 17.3. The Bertz CT molecular complexity index is 1010. The minimum absolute atomic E-state index is 0.242. The third kappa shape index (κ3) is 3.95. The zero-order chi connectivity index (χ0) is 20.4. The van der Waals surface area contributed by atoms with Crippen molar-refractivity contribution in [1.29, 1.82) is 0 Å². The molecule has 0 radical (unpaired) electrons. The van der Waals surface area contributed by atoms with Crippen molar-refractivity contribution in [3.8, 4) is 11.4 Å². The predicted molar refractivity (Wildman–Crippen MR) is 107 cm³/mol. The van der Waals surface area contributed by atoms with Gasteiger partial charge in [0.15, 0.2) is 0 Å². The van der Waals surface area contributed by atoms with Crippen molar-refractivity contribution in [3.63, 3.8) is 0 Å². The van der Waals surface area contributed by atoms with Crippen molar-refractivity contribution in [3.05, 3.63) is 51.3 Å². The van der Waals surface area contributed by atoms with Gasteiger partial charge in [-0.05, 0) is 32.4 Å². The zero-order valence-electron chi connectivity index (χ0n) is 16.5. The average Bonchev–Trinajstić information content (AvgIpc) is 3.27. The molecule has 0 aliphatic carbocycles. The number of aromatic carboxylic acids is 1. The monoisotopic (exact) mass is 413 g/mol. The number of aromatic nitrogens is 3. The summed E-state index contributed by atoms with van der Waals surface area (Å²) in [6.45, 7) is 4.98. The normalized spacial score (nSPS) is 15.6. The van der Waals surface area contributed by atoms with E-state index in [0.717, 1.165) is 40.6 Å². The SMILES string of the molecule is Cc1nc(CCc2c(-c3ccccn3)noc2C)[s+](C2CCOCC2)c1C(=O)[O-]. The van der Waals surface area contributed by atoms with E-state index in [-0.39, 0.29) is 5.25 Å². The van der Waals surface area contributed by atoms with E-state index in [2.05, 4.69) is 15.1 Å². The number of carboxylic acid groups (broad SMARTS) is 1. The minimum atomic E-state index is -1.11. The highest BCUT2D eigenvalue weighted by Crippen LogP contribution is 2.46. The van der Waals surface area contributed by atoms with E-state index in [1.165, 1.54) is 0 Å². The molecule has 0 amide bonds. The van der Waals surface area contributed by atoms with E-state index in [1.54, 1.807) is 13.1 Å². The highest BCUT2D eigenvalue weighted by Gasteiger charge is 2.35. The highest BCUT2D eigenvalue weighted by molar-refractivity contribution is 7.33. The second kappa shape index (κ2) is 8.42. The van der Waals surface area contributed by atoms with Crippen LogP contribution in [0.25, 0.3) is 11.4 Å². The lowest BCUT2D eigenvalue weighted by atomic mass is 10.1. The summed E-state index contributed by atoms with van der Waals surface area (Å²) in [5.41, 5.74) is 3.06. The molecule has 0 bridgehead atoms. The van der Waals surface area contributed by atoms with Crippen molar-refractivity contribution in [2.75, 3.05) is 13.2 Å². The van der Waals surface area contributed by atoms with Gasteiger partial charge in [0.25, 0.3) is 0 Å². The summed E-state index contributed by atoms with van der Waals surface area (Å²) in [6.07, 6.45) is 4.73. The van der Waals surface area contributed by atoms with Crippen LogP contribution in [0.3, 0.4) is 0 Å². The molecule has 0 N–H and O–H groups in total. The number of aryl methyl sites for hydroxylation is 3. The second-order valence-electron chi connectivity index (χ2n) is 7.14. The van der Waals surface area contributed by atoms with Gasteiger partial charge >= 0.3 is 0 Å². The first-order chi connectivity index (χ1) is 14.1. The van der Waals surface area contributed by atoms with Crippen molar-refractivity contribution in [1.82, 2.24) is 15.1 Å². The van der Waals surface area contributed by atoms with E-state index in [4.69, 9.17) is 9.26 Å². The van der Waals surface area contributed by atoms with E-state index >= 15 is 0 Å². The van der Waals surface area contributed by atoms with Crippen LogP contribution in [0.5, 0.6) is 0 Å². The Balaban J connectivity index is 1.65. The molecule has 0 saturated carbocycles. The molecule has 1 fully saturated rings. The number of thiazole rings is 1. The van der Waals surface area contributed by atoms with Gasteiger partial charge in [-0.15, -0.1) is 0 Å². The summed E-state index contributed by atoms with van der Waals surface area (Å²) in [5, 5.41) is 17.2. The summed E-state index contributed by atoms with van der Waals surface area (Å²) in [4.78, 5) is 21.2. The molecular weight excluding hydrogens is 390 g/mol. The number of nitrogens with zero attached hydrogens (tertiary/aromatic N) is 3. The van der Waals surface area contributed by atoms with E-state index in [0.29, 0.717) is 36.6 Å². The van der Waals surface area contributed by atoms with Gasteiger partial charge in [0.2, 0.25) is 9.88 Å². The second-order valence-corrected chi connectivity index (χ2v) is 9.36. The van der Waals surface area contributed by atoms with Gasteiger partial charge in [-0.2, -0.15) is 0 Å². The number of hydrogen-bond acceptors (Lipinski definition) is 7. The maximum Gasteiger partial charge on any atom is 0.243 e. The van der Waals surface area contributed by atoms with Gasteiger partial charge in [-0.1, -0.05) is 11.2 Å². The molecule has 4 rings (SSSR count). The maximum absolute atomic E-state index is 11.8. The van der Waals surface area contributed by atoms with Crippen LogP contribution >= 0.6 is 10.5 Å². The van der Waals surface area contributed by atoms with Gasteiger partial charge in [0.1, 0.15) is 28.4 Å². The molecule has 3 aromatic rings. The Kier molecular flexibility index (Phi) is 5.73. The van der Waals surface area contributed by atoms with Crippen LogP contribution in [0.2, 0.25) is 0 Å². The van der Waals surface area contributed by atoms with Gasteiger partial charge in [0.05, 0.1) is 18.9 Å². The number of pyridine rings is 1. The van der Waals surface area contributed by atoms with Crippen LogP contribution in [0, 0.1) is 13.8 Å². The Hall–Kier alpha value is -2.58. The fraction of sp³-hybridized carbons (Fsp3) is 0.429. The number of carbonyl (C=O) groups is 1. The molecule has 1 saturated heterocycles. The molecule has 3 aromatic heterocycles. The summed E-state index contributed by atoms with van der Waals surface area (Å²) in [5.74, 6) is -0.355. The average molecular weight is 413 g/mol. The predicted octanol–water partition coefficient (Wildman–Crippen LogP) is 3.00. The molecule has 8 heteroatoms. The van der Waals surface area contributed by atoms with Crippen LogP contribution in [0.15, 0.2) is 28.9 Å². The molecule has 29 heavy (non-hydrogen) atoms. The first-order valence-corrected chi connectivity index (χ1v) is 11.0. The Morgan fingerprint density at radius 2 is 2.03 bits per heavy atom. The minimum Gasteiger partial charge on any atom is -0.540 e. The number of ether oxygens (including phenoxy) is 1. The fourth-order valence-electron chi connectivity index (χ4n) is 3.86. The van der Waals surface area contributed by atoms with Crippen LogP contribution in [0.4, 0.5) is 0 Å². The molecule has 7 nitrogen and oxygen atoms in total. The lowest BCUT2D eigenvalue weighted by Crippen LogP contribution is -2.23. The van der Waals surface area contributed by atoms with Crippen LogP contribution < -0.4 is 5.11 Å². The topological polar surface area (TPSA) is 101 Å². The van der Waals surface area contributed by atoms with Crippen LogP contribution in [-0.2, 0) is 17.6 Å². The first-order valence-electron chi connectivity index (χ1n) is 9.73. The summed E-state index contributed by atoms with van der Waals surface area (Å²) in [6, 6.07) is 5.68. The number of carbonyl (C=O) groups excluding carboxylic acids is 1. The molecule has 152 valence electrons. The molecule has 1 aliphatic rings. The number of carboxylic acids is 1. The van der Waals surface area contributed by atoms with Crippen molar-refractivity contribution >= 4 is 16.4 Å². The van der Waals surface area contributed by atoms with E-state index in [1.807, 2.05) is 25.1 Å². The molecular formula is C21H23N3O4S. The van der Waals surface area contributed by atoms with Gasteiger partial charge in [-0.3, -0.25) is 4.98 Å². The Morgan fingerprint density at radius 3 is 2.72 bits per heavy atom. The summed E-state index contributed by atoms with van der Waals surface area (Å²) >= 11 is 0. The lowest BCUT2D eigenvalue weighted by Gasteiger charge is -2.17. The van der Waals surface area contributed by atoms with E-state index in [9.17, 15) is 9.90 Å². The quantitative estimate of drug-likeness (QED) is 0.573. The molecule has 1 atom stereocenters. The van der Waals surface area contributed by atoms with Gasteiger partial charge in [0, 0.05) is 41.5 Å². The largest absolute Gasteiger partial charge is 0.540 e. The first kappa shape index (κ1) is 19.7. The standard InChI is InChI=1S/C21H23N3O4S/c1-13-20(21(25)26)29(15-8-11-27-12-9-15)18(23-13)7-6-16-14(2)28-24-19(16)17-5-3-4-10-22-17/h3-5,10,15H,6-9,11-12H2,1-2H3. The lowest BCUT2D eigenvalue weighted by molar-refractivity contribution is -0.254. The number of rotatable bonds is 6. The Labute approximate surface area is 171 Å². The van der Waals surface area contributed by atoms with Crippen LogP contribution in [-0.4, -0.2) is 34.3 Å². The molecule has 0 spiro atoms. The summed E-state index contributed by atoms with van der Waals surface area (Å²) < 4.78 is 10.9. The summed E-state index contributed by atoms with van der Waals surface area (Å²) in [7, 11) is -0.548. The molecule has 1 aliphatic heterocycles. The van der Waals surface area contributed by atoms with Gasteiger partial charge in [-0.25, -0.2) is 4.98 Å². The maximum atomic E-state index is 11.8. The third-order valence-electron chi connectivity index (χ3n) is 5.26. The molecule has 4 heterocycles. The van der Waals surface area contributed by atoms with Crippen LogP contribution in [0.1, 0.15) is 49.8 Å². The highest BCUT2D eigenvalue weighted by atomic mass is 32.2. The van der Waals surface area contributed by atoms with E-state index < -0.39 is 16.4 Å². The Morgan fingerprint density at radius 1 is 1.24 bits per heavy atom. The van der Waals surface area contributed by atoms with Gasteiger partial charge < -0.3 is 19.2 Å².